The Morgan fingerprint density at radius 1 is 1.12 bits per heavy atom. The molecule has 0 unspecified atom stereocenters. The maximum Gasteiger partial charge on any atom is 0.221 e. The average molecular weight is 511 g/mol. The van der Waals surface area contributed by atoms with Crippen LogP contribution in [-0.4, -0.2) is 37.8 Å². The maximum atomic E-state index is 11.0. The van der Waals surface area contributed by atoms with Crippen LogP contribution in [0.3, 0.4) is 0 Å². The van der Waals surface area contributed by atoms with Crippen molar-refractivity contribution in [3.63, 3.8) is 0 Å². The molecule has 0 atom stereocenters. The van der Waals surface area contributed by atoms with E-state index in [0.29, 0.717) is 22.5 Å². The number of hydrogen-bond donors (Lipinski definition) is 2. The van der Waals surface area contributed by atoms with Crippen LogP contribution in [0.4, 0.5) is 10.8 Å². The minimum absolute atomic E-state index is 0.0950. The Bertz CT molecular complexity index is 1340. The van der Waals surface area contributed by atoms with Gasteiger partial charge in [-0.15, -0.1) is 21.6 Å². The first-order valence-corrected chi connectivity index (χ1v) is 12.7. The average Bonchev–Trinajstić information content (AvgIpc) is 3.42. The van der Waals surface area contributed by atoms with Crippen molar-refractivity contribution >= 4 is 62.0 Å². The molecule has 0 bridgehead atoms. The standard InChI is InChI=1S/C24H23ClN6OS2/c25-17-10-8-16(9-11-17)19-14-34-24(26-19)27-23(33)29-28-21-18-6-2-3-7-20(18)31(22(21)32)15-30-12-4-1-5-13-30/h2-3,6-11,14,32H,1,4-5,12-13,15H2,(H,26,27,33). The lowest BCUT2D eigenvalue weighted by Gasteiger charge is -2.27. The molecule has 4 aromatic rings. The number of aromatic nitrogens is 2. The summed E-state index contributed by atoms with van der Waals surface area (Å²) in [5.41, 5.74) is 3.12. The number of azo groups is 1. The summed E-state index contributed by atoms with van der Waals surface area (Å²) < 4.78 is 1.89. The number of hydrogen-bond acceptors (Lipinski definition) is 6. The zero-order chi connectivity index (χ0) is 23.5. The number of halogens is 1. The molecule has 5 rings (SSSR count). The van der Waals surface area contributed by atoms with E-state index in [-0.39, 0.29) is 11.0 Å². The van der Waals surface area contributed by atoms with Gasteiger partial charge in [-0.3, -0.25) is 9.47 Å². The van der Waals surface area contributed by atoms with Gasteiger partial charge in [0.05, 0.1) is 17.9 Å². The van der Waals surface area contributed by atoms with Gasteiger partial charge in [0.25, 0.3) is 0 Å². The van der Waals surface area contributed by atoms with E-state index in [2.05, 4.69) is 25.4 Å². The molecule has 0 saturated carbocycles. The number of rotatable bonds is 5. The first-order chi connectivity index (χ1) is 16.6. The summed E-state index contributed by atoms with van der Waals surface area (Å²) in [6.45, 7) is 2.68. The van der Waals surface area contributed by atoms with Gasteiger partial charge in [0.1, 0.15) is 0 Å². The van der Waals surface area contributed by atoms with Gasteiger partial charge in [-0.05, 0) is 56.3 Å². The van der Waals surface area contributed by atoms with Crippen LogP contribution in [0.15, 0.2) is 64.1 Å². The Hall–Kier alpha value is -2.85. The minimum Gasteiger partial charge on any atom is -0.493 e. The molecule has 0 spiro atoms. The molecule has 10 heteroatoms. The Labute approximate surface area is 211 Å². The monoisotopic (exact) mass is 510 g/mol. The molecule has 174 valence electrons. The number of thiazole rings is 1. The van der Waals surface area contributed by atoms with Crippen molar-refractivity contribution in [3.05, 3.63) is 58.9 Å². The number of fused-ring (bicyclic) bond motifs is 1. The number of likely N-dealkylation sites (tertiary alicyclic amines) is 1. The van der Waals surface area contributed by atoms with Crippen molar-refractivity contribution in [1.82, 2.24) is 14.5 Å². The van der Waals surface area contributed by atoms with E-state index in [0.717, 1.165) is 35.2 Å². The Morgan fingerprint density at radius 3 is 2.68 bits per heavy atom. The molecule has 2 N–H and O–H groups in total. The fraction of sp³-hybridized carbons (Fsp3) is 0.250. The third kappa shape index (κ3) is 4.97. The number of thiocarbonyl (C=S) groups is 1. The van der Waals surface area contributed by atoms with Crippen LogP contribution in [0.25, 0.3) is 22.2 Å². The molecule has 34 heavy (non-hydrogen) atoms. The van der Waals surface area contributed by atoms with Crippen molar-refractivity contribution in [3.8, 4) is 17.1 Å². The van der Waals surface area contributed by atoms with E-state index in [1.54, 1.807) is 0 Å². The van der Waals surface area contributed by atoms with Crippen LogP contribution in [-0.2, 0) is 6.67 Å². The van der Waals surface area contributed by atoms with Crippen LogP contribution >= 0.6 is 35.2 Å². The molecule has 2 aromatic heterocycles. The number of nitrogens with one attached hydrogen (secondary N) is 1. The molecular weight excluding hydrogens is 488 g/mol. The lowest BCUT2D eigenvalue weighted by Crippen LogP contribution is -2.31. The summed E-state index contributed by atoms with van der Waals surface area (Å²) in [7, 11) is 0. The zero-order valence-corrected chi connectivity index (χ0v) is 20.7. The van der Waals surface area contributed by atoms with Crippen LogP contribution in [0.5, 0.6) is 5.88 Å². The van der Waals surface area contributed by atoms with E-state index in [9.17, 15) is 5.11 Å². The lowest BCUT2D eigenvalue weighted by molar-refractivity contribution is 0.178. The quantitative estimate of drug-likeness (QED) is 0.222. The molecule has 1 aliphatic rings. The fourth-order valence-electron chi connectivity index (χ4n) is 4.11. The van der Waals surface area contributed by atoms with Crippen LogP contribution in [0, 0.1) is 0 Å². The second-order valence-electron chi connectivity index (χ2n) is 8.11. The van der Waals surface area contributed by atoms with Gasteiger partial charge in [0.15, 0.2) is 10.8 Å². The Kier molecular flexibility index (Phi) is 6.87. The number of aromatic hydroxyl groups is 1. The smallest absolute Gasteiger partial charge is 0.221 e. The molecule has 0 amide bonds. The highest BCUT2D eigenvalue weighted by Crippen LogP contribution is 2.39. The van der Waals surface area contributed by atoms with E-state index in [1.165, 1.54) is 30.6 Å². The normalized spacial score (nSPS) is 14.7. The number of piperidine rings is 1. The minimum atomic E-state index is 0.0950. The lowest BCUT2D eigenvalue weighted by atomic mass is 10.1. The molecule has 1 aliphatic heterocycles. The predicted octanol–water partition coefficient (Wildman–Crippen LogP) is 7.05. The highest BCUT2D eigenvalue weighted by molar-refractivity contribution is 7.80. The summed E-state index contributed by atoms with van der Waals surface area (Å²) in [5, 5.41) is 26.7. The summed E-state index contributed by atoms with van der Waals surface area (Å²) in [6.07, 6.45) is 3.63. The van der Waals surface area contributed by atoms with E-state index in [4.69, 9.17) is 23.8 Å². The number of nitrogens with zero attached hydrogens (tertiary/aromatic N) is 5. The van der Waals surface area contributed by atoms with Crippen LogP contribution in [0.1, 0.15) is 19.3 Å². The van der Waals surface area contributed by atoms with Crippen molar-refractivity contribution in [2.75, 3.05) is 18.4 Å². The third-order valence-corrected chi connectivity index (χ3v) is 7.00. The predicted molar refractivity (Wildman–Crippen MR) is 142 cm³/mol. The zero-order valence-electron chi connectivity index (χ0n) is 18.3. The second kappa shape index (κ2) is 10.2. The number of anilines is 1. The molecule has 7 nitrogen and oxygen atoms in total. The fourth-order valence-corrected chi connectivity index (χ4v) is 5.16. The largest absolute Gasteiger partial charge is 0.493 e. The highest BCUT2D eigenvalue weighted by Gasteiger charge is 2.19. The molecule has 1 fully saturated rings. The van der Waals surface area contributed by atoms with Crippen LogP contribution < -0.4 is 5.32 Å². The van der Waals surface area contributed by atoms with Crippen molar-refractivity contribution in [2.24, 2.45) is 10.2 Å². The number of para-hydroxylation sites is 1. The third-order valence-electron chi connectivity index (χ3n) is 5.81. The first-order valence-electron chi connectivity index (χ1n) is 11.1. The van der Waals surface area contributed by atoms with Crippen LogP contribution in [0.2, 0.25) is 5.02 Å². The van der Waals surface area contributed by atoms with Gasteiger partial charge in [0.2, 0.25) is 11.0 Å². The molecule has 1 saturated heterocycles. The Balaban J connectivity index is 1.33. The summed E-state index contributed by atoms with van der Waals surface area (Å²) in [5.74, 6) is 0.0950. The molecule has 0 aliphatic carbocycles. The van der Waals surface area contributed by atoms with Crippen molar-refractivity contribution in [1.29, 1.82) is 0 Å². The molecule has 2 aromatic carbocycles. The number of benzene rings is 2. The summed E-state index contributed by atoms with van der Waals surface area (Å²) >= 11 is 12.8. The Morgan fingerprint density at radius 2 is 1.88 bits per heavy atom. The van der Waals surface area contributed by atoms with Crippen molar-refractivity contribution in [2.45, 2.75) is 25.9 Å². The van der Waals surface area contributed by atoms with Gasteiger partial charge >= 0.3 is 0 Å². The SMILES string of the molecule is Oc1c(N=NC(=S)Nc2nc(-c3ccc(Cl)cc3)cs2)c2ccccc2n1CN1CCCCC1. The van der Waals surface area contributed by atoms with Gasteiger partial charge in [0, 0.05) is 21.4 Å². The highest BCUT2D eigenvalue weighted by atomic mass is 35.5. The molecule has 3 heterocycles. The van der Waals surface area contributed by atoms with E-state index in [1.807, 2.05) is 58.5 Å². The van der Waals surface area contributed by atoms with Crippen molar-refractivity contribution < 1.29 is 5.11 Å². The first kappa shape index (κ1) is 22.9. The maximum absolute atomic E-state index is 11.0. The molecule has 0 radical (unpaired) electrons. The topological polar surface area (TPSA) is 78.0 Å². The second-order valence-corrected chi connectivity index (χ2v) is 9.79. The van der Waals surface area contributed by atoms with Gasteiger partial charge in [-0.1, -0.05) is 48.4 Å². The summed E-state index contributed by atoms with van der Waals surface area (Å²) in [4.78, 5) is 6.91. The summed E-state index contributed by atoms with van der Waals surface area (Å²) in [6, 6.07) is 15.3. The van der Waals surface area contributed by atoms with E-state index >= 15 is 0 Å². The molecular formula is C24H23ClN6OS2. The van der Waals surface area contributed by atoms with Gasteiger partial charge < -0.3 is 10.4 Å². The van der Waals surface area contributed by atoms with Gasteiger partial charge in [-0.2, -0.15) is 0 Å². The van der Waals surface area contributed by atoms with Gasteiger partial charge in [-0.25, -0.2) is 4.98 Å². The van der Waals surface area contributed by atoms with E-state index < -0.39 is 0 Å².